The molecule has 5 nitrogen and oxygen atoms in total. The minimum atomic E-state index is -0.746. The number of nitrogens with two attached hydrogens (primary N) is 1. The van der Waals surface area contributed by atoms with Crippen LogP contribution in [0.5, 0.6) is 0 Å². The molecule has 6 heteroatoms. The van der Waals surface area contributed by atoms with Crippen molar-refractivity contribution in [1.29, 1.82) is 0 Å². The highest BCUT2D eigenvalue weighted by atomic mass is 35.5. The van der Waals surface area contributed by atoms with E-state index < -0.39 is 12.1 Å². The van der Waals surface area contributed by atoms with Gasteiger partial charge in [0.1, 0.15) is 6.04 Å². The summed E-state index contributed by atoms with van der Waals surface area (Å²) in [6.45, 7) is 3.70. The van der Waals surface area contributed by atoms with E-state index in [0.717, 1.165) is 5.56 Å². The summed E-state index contributed by atoms with van der Waals surface area (Å²) in [7, 11) is 1.22. The van der Waals surface area contributed by atoms with E-state index >= 15 is 0 Å². The maximum atomic E-state index is 11.7. The zero-order valence-corrected chi connectivity index (χ0v) is 11.9. The molecule has 0 spiro atoms. The van der Waals surface area contributed by atoms with Crippen molar-refractivity contribution in [3.63, 3.8) is 0 Å². The fourth-order valence-corrected chi connectivity index (χ4v) is 1.79. The SMILES string of the molecule is COC(=O)NC(=O)[C@@H](C)[NH2+][C@H](C)c1ccc(Cl)cc1. The molecule has 1 aromatic rings. The van der Waals surface area contributed by atoms with Crippen molar-refractivity contribution < 1.29 is 19.6 Å². The number of hydrogen-bond donors (Lipinski definition) is 2. The van der Waals surface area contributed by atoms with Gasteiger partial charge in [-0.1, -0.05) is 23.7 Å². The Hall–Kier alpha value is -1.59. The number of hydrogen-bond acceptors (Lipinski definition) is 3. The van der Waals surface area contributed by atoms with Gasteiger partial charge < -0.3 is 10.1 Å². The zero-order valence-electron chi connectivity index (χ0n) is 11.1. The summed E-state index contributed by atoms with van der Waals surface area (Å²) in [5.41, 5.74) is 1.06. The average molecular weight is 286 g/mol. The Bertz CT molecular complexity index is 448. The van der Waals surface area contributed by atoms with Crippen molar-refractivity contribution in [2.75, 3.05) is 7.11 Å². The van der Waals surface area contributed by atoms with Crippen molar-refractivity contribution in [2.24, 2.45) is 0 Å². The van der Waals surface area contributed by atoms with Crippen LogP contribution in [-0.2, 0) is 9.53 Å². The molecule has 0 radical (unpaired) electrons. The van der Waals surface area contributed by atoms with Gasteiger partial charge >= 0.3 is 6.09 Å². The maximum absolute atomic E-state index is 11.7. The number of rotatable bonds is 4. The number of alkyl carbamates (subject to hydrolysis) is 1. The number of quaternary nitrogens is 1. The lowest BCUT2D eigenvalue weighted by Crippen LogP contribution is -2.92. The van der Waals surface area contributed by atoms with E-state index in [-0.39, 0.29) is 11.9 Å². The molecule has 0 saturated heterocycles. The Morgan fingerprint density at radius 2 is 1.84 bits per heavy atom. The number of halogens is 1. The number of carbonyl (C=O) groups excluding carboxylic acids is 2. The van der Waals surface area contributed by atoms with E-state index in [4.69, 9.17) is 11.6 Å². The molecule has 19 heavy (non-hydrogen) atoms. The predicted octanol–water partition coefficient (Wildman–Crippen LogP) is 1.24. The highest BCUT2D eigenvalue weighted by molar-refractivity contribution is 6.30. The van der Waals surface area contributed by atoms with Gasteiger partial charge in [0, 0.05) is 10.6 Å². The number of carbonyl (C=O) groups is 2. The van der Waals surface area contributed by atoms with Crippen LogP contribution in [0.4, 0.5) is 4.79 Å². The van der Waals surface area contributed by atoms with Crippen molar-refractivity contribution in [3.05, 3.63) is 34.9 Å². The summed E-state index contributed by atoms with van der Waals surface area (Å²) in [5, 5.41) is 4.68. The summed E-state index contributed by atoms with van der Waals surface area (Å²) in [6.07, 6.45) is -0.746. The van der Waals surface area contributed by atoms with Crippen molar-refractivity contribution in [1.82, 2.24) is 5.32 Å². The number of amides is 2. The Morgan fingerprint density at radius 3 is 2.37 bits per heavy atom. The lowest BCUT2D eigenvalue weighted by molar-refractivity contribution is -0.710. The zero-order chi connectivity index (χ0) is 14.4. The van der Waals surface area contributed by atoms with Crippen LogP contribution >= 0.6 is 11.6 Å². The molecule has 1 rings (SSSR count). The minimum absolute atomic E-state index is 0.0793. The molecule has 2 atom stereocenters. The average Bonchev–Trinajstić information content (AvgIpc) is 2.38. The normalized spacial score (nSPS) is 13.5. The molecular formula is C13H18ClN2O3+. The third kappa shape index (κ3) is 4.89. The van der Waals surface area contributed by atoms with E-state index in [1.54, 1.807) is 19.1 Å². The largest absolute Gasteiger partial charge is 0.453 e. The molecule has 2 amide bonds. The monoisotopic (exact) mass is 285 g/mol. The topological polar surface area (TPSA) is 72.0 Å². The van der Waals surface area contributed by atoms with Crippen LogP contribution in [0.15, 0.2) is 24.3 Å². The fourth-order valence-electron chi connectivity index (χ4n) is 1.66. The van der Waals surface area contributed by atoms with Gasteiger partial charge in [-0.2, -0.15) is 0 Å². The second-order valence-corrected chi connectivity index (χ2v) is 4.74. The molecule has 104 valence electrons. The molecule has 0 fully saturated rings. The maximum Gasteiger partial charge on any atom is 0.413 e. The van der Waals surface area contributed by atoms with Crippen LogP contribution in [0.2, 0.25) is 5.02 Å². The fraction of sp³-hybridized carbons (Fsp3) is 0.385. The molecule has 0 unspecified atom stereocenters. The molecule has 0 heterocycles. The molecule has 0 bridgehead atoms. The van der Waals surface area contributed by atoms with Crippen molar-refractivity contribution >= 4 is 23.6 Å². The Kier molecular flexibility index (Phi) is 5.79. The Balaban J connectivity index is 2.56. The number of benzene rings is 1. The third-order valence-corrected chi connectivity index (χ3v) is 3.05. The summed E-state index contributed by atoms with van der Waals surface area (Å²) in [4.78, 5) is 22.6. The van der Waals surface area contributed by atoms with E-state index in [1.807, 2.05) is 24.4 Å². The molecule has 0 saturated carbocycles. The lowest BCUT2D eigenvalue weighted by atomic mass is 10.1. The van der Waals surface area contributed by atoms with Gasteiger partial charge in [-0.25, -0.2) is 4.79 Å². The van der Waals surface area contributed by atoms with Crippen LogP contribution in [0, 0.1) is 0 Å². The molecule has 0 aliphatic heterocycles. The van der Waals surface area contributed by atoms with E-state index in [9.17, 15) is 9.59 Å². The summed E-state index contributed by atoms with van der Waals surface area (Å²) >= 11 is 5.82. The molecule has 0 aliphatic rings. The lowest BCUT2D eigenvalue weighted by Gasteiger charge is -2.16. The molecule has 1 aromatic carbocycles. The quantitative estimate of drug-likeness (QED) is 0.874. The first-order valence-corrected chi connectivity index (χ1v) is 6.31. The van der Waals surface area contributed by atoms with Crippen molar-refractivity contribution in [2.45, 2.75) is 25.9 Å². The Labute approximate surface area is 117 Å². The second-order valence-electron chi connectivity index (χ2n) is 4.30. The van der Waals surface area contributed by atoms with Gasteiger partial charge in [0.05, 0.1) is 7.11 Å². The third-order valence-electron chi connectivity index (χ3n) is 2.80. The number of nitrogens with one attached hydrogen (secondary N) is 1. The van der Waals surface area contributed by atoms with Crippen molar-refractivity contribution in [3.8, 4) is 0 Å². The molecule has 0 aromatic heterocycles. The second kappa shape index (κ2) is 7.11. The Morgan fingerprint density at radius 1 is 1.26 bits per heavy atom. The van der Waals surface area contributed by atoms with Gasteiger partial charge in [0.2, 0.25) is 0 Å². The molecular weight excluding hydrogens is 268 g/mol. The first-order valence-electron chi connectivity index (χ1n) is 5.93. The van der Waals surface area contributed by atoms with E-state index in [0.29, 0.717) is 5.02 Å². The van der Waals surface area contributed by atoms with Gasteiger partial charge in [0.15, 0.2) is 6.04 Å². The highest BCUT2D eigenvalue weighted by Gasteiger charge is 2.22. The first kappa shape index (κ1) is 15.5. The number of ether oxygens (including phenoxy) is 1. The molecule has 0 aliphatic carbocycles. The number of methoxy groups -OCH3 is 1. The summed E-state index contributed by atoms with van der Waals surface area (Å²) in [5.74, 6) is -0.382. The highest BCUT2D eigenvalue weighted by Crippen LogP contribution is 2.13. The summed E-state index contributed by atoms with van der Waals surface area (Å²) < 4.78 is 4.37. The van der Waals surface area contributed by atoms with Gasteiger partial charge in [0.25, 0.3) is 5.91 Å². The van der Waals surface area contributed by atoms with Crippen LogP contribution in [0.3, 0.4) is 0 Å². The summed E-state index contributed by atoms with van der Waals surface area (Å²) in [6, 6.07) is 7.12. The van der Waals surface area contributed by atoms with Gasteiger partial charge in [-0.15, -0.1) is 0 Å². The van der Waals surface area contributed by atoms with Crippen LogP contribution in [-0.4, -0.2) is 25.2 Å². The minimum Gasteiger partial charge on any atom is -0.453 e. The van der Waals surface area contributed by atoms with Gasteiger partial charge in [-0.05, 0) is 26.0 Å². The van der Waals surface area contributed by atoms with Crippen LogP contribution < -0.4 is 10.6 Å². The van der Waals surface area contributed by atoms with Crippen LogP contribution in [0.25, 0.3) is 0 Å². The van der Waals surface area contributed by atoms with Gasteiger partial charge in [-0.3, -0.25) is 10.1 Å². The molecule has 3 N–H and O–H groups in total. The van der Waals surface area contributed by atoms with Crippen LogP contribution in [0.1, 0.15) is 25.5 Å². The smallest absolute Gasteiger partial charge is 0.413 e. The number of imide groups is 1. The predicted molar refractivity (Wildman–Crippen MR) is 71.8 cm³/mol. The van der Waals surface area contributed by atoms with E-state index in [1.165, 1.54) is 7.11 Å². The first-order chi connectivity index (χ1) is 8.93. The van der Waals surface area contributed by atoms with E-state index in [2.05, 4.69) is 10.1 Å². The standard InChI is InChI=1S/C13H17ClN2O3/c1-8(10-4-6-11(14)7-5-10)15-9(2)12(17)16-13(18)19-3/h4-9,15H,1-3H3,(H,16,17,18)/p+1/t8-,9-/m1/s1.